The molecule has 0 saturated carbocycles. The molecule has 0 spiro atoms. The molecular weight excluding hydrogens is 665 g/mol. The first-order valence-electron chi connectivity index (χ1n) is 12.8. The first kappa shape index (κ1) is 31.7. The Hall–Kier alpha value is -3.24. The van der Waals surface area contributed by atoms with E-state index in [4.69, 9.17) is 37.4 Å². The average Bonchev–Trinajstić information content (AvgIpc) is 3.23. The van der Waals surface area contributed by atoms with Gasteiger partial charge in [-0.15, -0.1) is 0 Å². The molecule has 0 aromatic heterocycles. The fourth-order valence-corrected chi connectivity index (χ4v) is 5.91. The van der Waals surface area contributed by atoms with Gasteiger partial charge in [0.1, 0.15) is 23.0 Å². The van der Waals surface area contributed by atoms with Gasteiger partial charge in [-0.2, -0.15) is 0 Å². The Morgan fingerprint density at radius 1 is 1.02 bits per heavy atom. The number of thioether (sulfide) groups is 1. The van der Waals surface area contributed by atoms with Gasteiger partial charge in [0.05, 0.1) is 22.6 Å². The molecule has 1 aliphatic heterocycles. The second-order valence-electron chi connectivity index (χ2n) is 8.93. The summed E-state index contributed by atoms with van der Waals surface area (Å²) >= 11 is 16.9. The minimum absolute atomic E-state index is 0.0478. The second kappa shape index (κ2) is 14.3. The lowest BCUT2D eigenvalue weighted by atomic mass is 10.1. The lowest BCUT2D eigenvalue weighted by Crippen LogP contribution is -2.14. The molecule has 0 fully saturated rings. The van der Waals surface area contributed by atoms with Gasteiger partial charge in [-0.1, -0.05) is 58.7 Å². The van der Waals surface area contributed by atoms with Gasteiger partial charge < -0.3 is 19.3 Å². The summed E-state index contributed by atoms with van der Waals surface area (Å²) in [5.41, 5.74) is 2.56. The number of rotatable bonds is 9. The molecule has 1 heterocycles. The van der Waals surface area contributed by atoms with E-state index in [2.05, 4.69) is 20.9 Å². The molecule has 0 aliphatic carbocycles. The van der Waals surface area contributed by atoms with Crippen molar-refractivity contribution in [2.45, 2.75) is 27.4 Å². The summed E-state index contributed by atoms with van der Waals surface area (Å²) in [5, 5.41) is 12.1. The number of aliphatic hydroxyl groups excluding tert-OH is 1. The van der Waals surface area contributed by atoms with Gasteiger partial charge in [-0.3, -0.25) is 4.79 Å². The minimum Gasteiger partial charge on any atom is -0.506 e. The van der Waals surface area contributed by atoms with E-state index in [-0.39, 0.29) is 29.6 Å². The van der Waals surface area contributed by atoms with Crippen LogP contribution in [-0.2, 0) is 16.1 Å². The van der Waals surface area contributed by atoms with Crippen molar-refractivity contribution >= 4 is 73.9 Å². The average molecular weight is 691 g/mol. The summed E-state index contributed by atoms with van der Waals surface area (Å²) in [5.74, 6) is -0.744. The number of aliphatic hydroxyl groups is 1. The predicted octanol–water partition coefficient (Wildman–Crippen LogP) is 8.74. The van der Waals surface area contributed by atoms with Crippen LogP contribution in [0.1, 0.15) is 40.9 Å². The van der Waals surface area contributed by atoms with Crippen LogP contribution in [0.25, 0.3) is 6.08 Å². The van der Waals surface area contributed by atoms with E-state index >= 15 is 0 Å². The Balaban J connectivity index is 1.67. The molecule has 1 amide bonds. The summed E-state index contributed by atoms with van der Waals surface area (Å²) < 4.78 is 17.6. The highest BCUT2D eigenvalue weighted by Crippen LogP contribution is 2.42. The van der Waals surface area contributed by atoms with Crippen LogP contribution in [0, 0.1) is 6.92 Å². The summed E-state index contributed by atoms with van der Waals surface area (Å²) in [6, 6.07) is 15.6. The number of hydrogen-bond acceptors (Lipinski definition) is 7. The molecule has 0 saturated heterocycles. The van der Waals surface area contributed by atoms with Crippen LogP contribution < -0.4 is 9.47 Å². The smallest absolute Gasteiger partial charge is 0.344 e. The van der Waals surface area contributed by atoms with Crippen molar-refractivity contribution in [1.82, 2.24) is 0 Å². The number of esters is 1. The van der Waals surface area contributed by atoms with Crippen LogP contribution in [-0.4, -0.2) is 35.2 Å². The second-order valence-corrected chi connectivity index (χ2v) is 11.7. The zero-order valence-electron chi connectivity index (χ0n) is 22.9. The number of amides is 1. The zero-order chi connectivity index (χ0) is 30.4. The number of hydrogen-bond donors (Lipinski definition) is 1. The number of aliphatic imine (C=N–C) groups is 1. The van der Waals surface area contributed by atoms with Gasteiger partial charge in [0.25, 0.3) is 5.91 Å². The molecule has 11 heteroatoms. The number of carbonyl (C=O) groups is 2. The highest BCUT2D eigenvalue weighted by molar-refractivity contribution is 9.10. The lowest BCUT2D eigenvalue weighted by Gasteiger charge is -2.15. The van der Waals surface area contributed by atoms with Crippen molar-refractivity contribution in [3.05, 3.63) is 108 Å². The first-order chi connectivity index (χ1) is 20.1. The molecule has 0 bridgehead atoms. The van der Waals surface area contributed by atoms with Crippen molar-refractivity contribution in [2.75, 3.05) is 13.2 Å². The Kier molecular flexibility index (Phi) is 10.8. The Morgan fingerprint density at radius 3 is 2.43 bits per heavy atom. The maximum absolute atomic E-state index is 12.9. The van der Waals surface area contributed by atoms with Crippen molar-refractivity contribution < 1.29 is 28.9 Å². The maximum Gasteiger partial charge on any atom is 0.344 e. The van der Waals surface area contributed by atoms with E-state index in [0.717, 1.165) is 22.9 Å². The largest absolute Gasteiger partial charge is 0.506 e. The summed E-state index contributed by atoms with van der Waals surface area (Å²) in [4.78, 5) is 30.1. The summed E-state index contributed by atoms with van der Waals surface area (Å²) in [7, 11) is 0. The third-order valence-corrected chi connectivity index (χ3v) is 8.08. The van der Waals surface area contributed by atoms with Crippen LogP contribution in [0.15, 0.2) is 80.3 Å². The lowest BCUT2D eigenvalue weighted by molar-refractivity contribution is -0.138. The van der Waals surface area contributed by atoms with Crippen molar-refractivity contribution in [2.24, 2.45) is 4.99 Å². The molecule has 42 heavy (non-hydrogen) atoms. The first-order valence-corrected chi connectivity index (χ1v) is 15.2. The molecule has 3 aromatic rings. The van der Waals surface area contributed by atoms with Gasteiger partial charge in [0.15, 0.2) is 11.5 Å². The van der Waals surface area contributed by atoms with Crippen LogP contribution in [0.5, 0.6) is 11.5 Å². The van der Waals surface area contributed by atoms with Crippen LogP contribution in [0.3, 0.4) is 0 Å². The standard InChI is InChI=1S/C31H26BrCl2NO6S/c1-4-39-24-13-18(12-22(32)28(24)41-16-20-10-11-21(33)15-23(20)34)14-25-27(36)26(31(38)40-5-2)30(42-25)35-29(37)19-8-6-17(3)7-9-19/h6-15,36H,4-5,16H2,1-3H3/b25-14-,35-30?. The van der Waals surface area contributed by atoms with Crippen LogP contribution >= 0.6 is 50.9 Å². The Morgan fingerprint density at radius 2 is 1.76 bits per heavy atom. The number of carbonyl (C=O) groups excluding carboxylic acids is 2. The van der Waals surface area contributed by atoms with Gasteiger partial charge in [0, 0.05) is 21.2 Å². The van der Waals surface area contributed by atoms with Gasteiger partial charge in [-0.05, 0) is 84.7 Å². The number of ether oxygens (including phenoxy) is 3. The van der Waals surface area contributed by atoms with E-state index in [1.165, 1.54) is 0 Å². The van der Waals surface area contributed by atoms with E-state index in [1.54, 1.807) is 67.6 Å². The fraction of sp³-hybridized carbons (Fsp3) is 0.194. The van der Waals surface area contributed by atoms with E-state index in [9.17, 15) is 14.7 Å². The number of halogens is 3. The SMILES string of the molecule is CCOC(=O)C1=C(O)/C(=C/c2cc(Br)c(OCc3ccc(Cl)cc3Cl)c(OCC)c2)SC1=NC(=O)c1ccc(C)cc1. The summed E-state index contributed by atoms with van der Waals surface area (Å²) in [6.07, 6.45) is 1.66. The van der Waals surface area contributed by atoms with Gasteiger partial charge in [0.2, 0.25) is 0 Å². The summed E-state index contributed by atoms with van der Waals surface area (Å²) in [6.45, 7) is 6.04. The molecule has 218 valence electrons. The molecular formula is C31H26BrCl2NO6S. The van der Waals surface area contributed by atoms with Crippen molar-refractivity contribution in [3.63, 3.8) is 0 Å². The normalized spacial score (nSPS) is 14.9. The quantitative estimate of drug-likeness (QED) is 0.224. The third kappa shape index (κ3) is 7.58. The number of aryl methyl sites for hydroxylation is 1. The highest BCUT2D eigenvalue weighted by atomic mass is 79.9. The maximum atomic E-state index is 12.9. The van der Waals surface area contributed by atoms with Crippen molar-refractivity contribution in [1.29, 1.82) is 0 Å². The molecule has 1 aliphatic rings. The molecule has 0 unspecified atom stereocenters. The molecule has 1 N–H and O–H groups in total. The van der Waals surface area contributed by atoms with Gasteiger partial charge in [-0.25, -0.2) is 9.79 Å². The number of nitrogens with zero attached hydrogens (tertiary/aromatic N) is 1. The molecule has 0 atom stereocenters. The molecule has 7 nitrogen and oxygen atoms in total. The van der Waals surface area contributed by atoms with Gasteiger partial charge >= 0.3 is 5.97 Å². The topological polar surface area (TPSA) is 94.4 Å². The van der Waals surface area contributed by atoms with Crippen LogP contribution in [0.2, 0.25) is 10.0 Å². The number of benzene rings is 3. The zero-order valence-corrected chi connectivity index (χ0v) is 26.8. The fourth-order valence-electron chi connectivity index (χ4n) is 3.86. The van der Waals surface area contributed by atoms with Crippen molar-refractivity contribution in [3.8, 4) is 11.5 Å². The monoisotopic (exact) mass is 689 g/mol. The Bertz CT molecular complexity index is 1620. The molecule has 0 radical (unpaired) electrons. The third-order valence-electron chi connectivity index (χ3n) is 5.89. The minimum atomic E-state index is -0.776. The van der Waals surface area contributed by atoms with Crippen LogP contribution in [0.4, 0.5) is 0 Å². The highest BCUT2D eigenvalue weighted by Gasteiger charge is 2.34. The molecule has 3 aromatic carbocycles. The van der Waals surface area contributed by atoms with E-state index in [1.807, 2.05) is 13.8 Å². The Labute approximate surface area is 266 Å². The molecule has 4 rings (SSSR count). The van der Waals surface area contributed by atoms with E-state index < -0.39 is 11.9 Å². The predicted molar refractivity (Wildman–Crippen MR) is 171 cm³/mol. The van der Waals surface area contributed by atoms with E-state index in [0.29, 0.717) is 48.7 Å².